The Morgan fingerprint density at radius 2 is 2.20 bits per heavy atom. The molecular weight excluding hydrogens is 362 g/mol. The molecule has 1 atom stereocenters. The van der Waals surface area contributed by atoms with Crippen molar-refractivity contribution in [2.75, 3.05) is 7.05 Å². The Kier molecular flexibility index (Phi) is 4.95. The highest BCUT2D eigenvalue weighted by molar-refractivity contribution is 7.22. The van der Waals surface area contributed by atoms with Gasteiger partial charge in [-0.1, -0.05) is 5.16 Å². The SMILES string of the molecule is CNC(C)Cc1noc(-c2sc3nc4n(c(=O)c3c2C)CCC4)n1.Cl. The van der Waals surface area contributed by atoms with Crippen LogP contribution >= 0.6 is 23.7 Å². The third-order valence-electron chi connectivity index (χ3n) is 4.56. The Hall–Kier alpha value is -1.77. The van der Waals surface area contributed by atoms with Crippen molar-refractivity contribution < 1.29 is 4.52 Å². The van der Waals surface area contributed by atoms with Crippen LogP contribution < -0.4 is 10.9 Å². The monoisotopic (exact) mass is 381 g/mol. The van der Waals surface area contributed by atoms with Crippen molar-refractivity contribution >= 4 is 34.0 Å². The molecule has 0 saturated carbocycles. The fourth-order valence-corrected chi connectivity index (χ4v) is 4.20. The minimum atomic E-state index is 0. The largest absolute Gasteiger partial charge is 0.333 e. The summed E-state index contributed by atoms with van der Waals surface area (Å²) in [5.74, 6) is 2.02. The molecule has 0 spiro atoms. The first-order chi connectivity index (χ1) is 11.6. The molecule has 25 heavy (non-hydrogen) atoms. The molecular formula is C16H20ClN5O2S. The Balaban J connectivity index is 0.00000182. The number of hydrogen-bond donors (Lipinski definition) is 1. The summed E-state index contributed by atoms with van der Waals surface area (Å²) in [6, 6.07) is 0.272. The van der Waals surface area contributed by atoms with Crippen molar-refractivity contribution in [3.05, 3.63) is 27.6 Å². The lowest BCUT2D eigenvalue weighted by atomic mass is 10.2. The van der Waals surface area contributed by atoms with Gasteiger partial charge < -0.3 is 9.84 Å². The second-order valence-electron chi connectivity index (χ2n) is 6.23. The zero-order valence-electron chi connectivity index (χ0n) is 14.3. The second kappa shape index (κ2) is 6.86. The predicted molar refractivity (Wildman–Crippen MR) is 99.7 cm³/mol. The van der Waals surface area contributed by atoms with Crippen molar-refractivity contribution in [3.8, 4) is 10.8 Å². The smallest absolute Gasteiger partial charge is 0.268 e. The first kappa shape index (κ1) is 18.0. The van der Waals surface area contributed by atoms with Crippen LogP contribution in [0.1, 0.15) is 30.6 Å². The molecule has 7 nitrogen and oxygen atoms in total. The lowest BCUT2D eigenvalue weighted by molar-refractivity contribution is 0.419. The number of thiophene rings is 1. The molecule has 1 unspecified atom stereocenters. The molecule has 0 saturated heterocycles. The summed E-state index contributed by atoms with van der Waals surface area (Å²) in [4.78, 5) is 23.5. The van der Waals surface area contributed by atoms with E-state index in [1.54, 1.807) is 4.57 Å². The highest BCUT2D eigenvalue weighted by Crippen LogP contribution is 2.35. The van der Waals surface area contributed by atoms with E-state index in [1.807, 2.05) is 14.0 Å². The van der Waals surface area contributed by atoms with Crippen LogP contribution in [-0.2, 0) is 19.4 Å². The van der Waals surface area contributed by atoms with Crippen molar-refractivity contribution in [1.82, 2.24) is 25.0 Å². The van der Waals surface area contributed by atoms with Gasteiger partial charge in [0.2, 0.25) is 0 Å². The number of aryl methyl sites for hydroxylation is 2. The van der Waals surface area contributed by atoms with Gasteiger partial charge in [0.05, 0.1) is 10.3 Å². The minimum absolute atomic E-state index is 0. The topological polar surface area (TPSA) is 85.8 Å². The van der Waals surface area contributed by atoms with Crippen molar-refractivity contribution in [1.29, 1.82) is 0 Å². The quantitative estimate of drug-likeness (QED) is 0.746. The molecule has 4 heterocycles. The van der Waals surface area contributed by atoms with Crippen molar-refractivity contribution in [2.45, 2.75) is 45.7 Å². The molecule has 0 aromatic carbocycles. The van der Waals surface area contributed by atoms with E-state index in [0.717, 1.165) is 40.5 Å². The second-order valence-corrected chi connectivity index (χ2v) is 7.23. The van der Waals surface area contributed by atoms with E-state index in [0.29, 0.717) is 23.5 Å². The number of rotatable bonds is 4. The number of aromatic nitrogens is 4. The third-order valence-corrected chi connectivity index (χ3v) is 5.73. The van der Waals surface area contributed by atoms with Crippen LogP contribution in [0.25, 0.3) is 21.0 Å². The van der Waals surface area contributed by atoms with Gasteiger partial charge in [-0.2, -0.15) is 4.98 Å². The van der Waals surface area contributed by atoms with E-state index < -0.39 is 0 Å². The number of fused-ring (bicyclic) bond motifs is 2. The fourth-order valence-electron chi connectivity index (χ4n) is 3.08. The summed E-state index contributed by atoms with van der Waals surface area (Å²) in [5.41, 5.74) is 0.933. The van der Waals surface area contributed by atoms with Crippen LogP contribution in [0.3, 0.4) is 0 Å². The third kappa shape index (κ3) is 2.98. The van der Waals surface area contributed by atoms with Gasteiger partial charge in [0, 0.05) is 25.4 Å². The van der Waals surface area contributed by atoms with E-state index in [4.69, 9.17) is 4.52 Å². The normalized spacial score (nSPS) is 14.5. The Bertz CT molecular complexity index is 977. The van der Waals surface area contributed by atoms with E-state index in [-0.39, 0.29) is 24.0 Å². The summed E-state index contributed by atoms with van der Waals surface area (Å²) in [5, 5.41) is 7.89. The first-order valence-corrected chi connectivity index (χ1v) is 8.93. The zero-order valence-corrected chi connectivity index (χ0v) is 16.0. The van der Waals surface area contributed by atoms with Gasteiger partial charge in [-0.05, 0) is 32.9 Å². The van der Waals surface area contributed by atoms with E-state index in [9.17, 15) is 4.79 Å². The van der Waals surface area contributed by atoms with Gasteiger partial charge in [-0.15, -0.1) is 23.7 Å². The molecule has 1 aliphatic heterocycles. The van der Waals surface area contributed by atoms with Crippen LogP contribution in [0.5, 0.6) is 0 Å². The fraction of sp³-hybridized carbons (Fsp3) is 0.500. The summed E-state index contributed by atoms with van der Waals surface area (Å²) in [6.45, 7) is 4.75. The van der Waals surface area contributed by atoms with Crippen molar-refractivity contribution in [2.24, 2.45) is 0 Å². The lowest BCUT2D eigenvalue weighted by Crippen LogP contribution is -2.24. The minimum Gasteiger partial charge on any atom is -0.333 e. The number of likely N-dealkylation sites (N-methyl/N-ethyl adjacent to an activating group) is 1. The van der Waals surface area contributed by atoms with Crippen LogP contribution in [-0.4, -0.2) is 32.8 Å². The highest BCUT2D eigenvalue weighted by atomic mass is 35.5. The van der Waals surface area contributed by atoms with Gasteiger partial charge in [0.25, 0.3) is 11.4 Å². The van der Waals surface area contributed by atoms with E-state index in [1.165, 1.54) is 11.3 Å². The lowest BCUT2D eigenvalue weighted by Gasteiger charge is -2.04. The molecule has 0 bridgehead atoms. The number of halogens is 1. The molecule has 0 fully saturated rings. The predicted octanol–water partition coefficient (Wildman–Crippen LogP) is 2.33. The first-order valence-electron chi connectivity index (χ1n) is 8.11. The molecule has 1 N–H and O–H groups in total. The van der Waals surface area contributed by atoms with Gasteiger partial charge in [0.15, 0.2) is 5.82 Å². The molecule has 3 aromatic rings. The molecule has 134 valence electrons. The van der Waals surface area contributed by atoms with E-state index >= 15 is 0 Å². The Labute approximate surface area is 154 Å². The van der Waals surface area contributed by atoms with Crippen LogP contribution in [0, 0.1) is 6.92 Å². The maximum absolute atomic E-state index is 12.7. The van der Waals surface area contributed by atoms with Crippen LogP contribution in [0.2, 0.25) is 0 Å². The summed E-state index contributed by atoms with van der Waals surface area (Å²) in [6.07, 6.45) is 2.55. The average molecular weight is 382 g/mol. The summed E-state index contributed by atoms with van der Waals surface area (Å²) in [7, 11) is 1.90. The Morgan fingerprint density at radius 3 is 2.96 bits per heavy atom. The Morgan fingerprint density at radius 1 is 1.40 bits per heavy atom. The van der Waals surface area contributed by atoms with Gasteiger partial charge in [0.1, 0.15) is 10.7 Å². The molecule has 0 aliphatic carbocycles. The average Bonchev–Trinajstić information content (AvgIpc) is 3.27. The number of hydrogen-bond acceptors (Lipinski definition) is 7. The maximum Gasteiger partial charge on any atom is 0.268 e. The highest BCUT2D eigenvalue weighted by Gasteiger charge is 2.23. The number of nitrogens with zero attached hydrogens (tertiary/aromatic N) is 4. The maximum atomic E-state index is 12.7. The van der Waals surface area contributed by atoms with Gasteiger partial charge in [-0.3, -0.25) is 9.36 Å². The molecule has 0 amide bonds. The van der Waals surface area contributed by atoms with Gasteiger partial charge in [-0.25, -0.2) is 4.98 Å². The molecule has 3 aromatic heterocycles. The molecule has 1 aliphatic rings. The van der Waals surface area contributed by atoms with E-state index in [2.05, 4.69) is 27.4 Å². The zero-order chi connectivity index (χ0) is 16.8. The molecule has 9 heteroatoms. The van der Waals surface area contributed by atoms with Gasteiger partial charge >= 0.3 is 0 Å². The molecule has 4 rings (SSSR count). The van der Waals surface area contributed by atoms with Crippen LogP contribution in [0.15, 0.2) is 9.32 Å². The summed E-state index contributed by atoms with van der Waals surface area (Å²) < 4.78 is 7.22. The van der Waals surface area contributed by atoms with Crippen LogP contribution in [0.4, 0.5) is 0 Å². The molecule has 0 radical (unpaired) electrons. The van der Waals surface area contributed by atoms with Crippen molar-refractivity contribution in [3.63, 3.8) is 0 Å². The number of nitrogens with one attached hydrogen (secondary N) is 1. The summed E-state index contributed by atoms with van der Waals surface area (Å²) >= 11 is 1.46. The standard InChI is InChI=1S/C16H19N5O2S.ClH/c1-8(17-3)7-10-18-14(23-20-10)13-9(2)12-15(24-13)19-11-5-4-6-21(11)16(12)22;/h8,17H,4-7H2,1-3H3;1H.